The van der Waals surface area contributed by atoms with Crippen LogP contribution in [0.25, 0.3) is 6.08 Å². The molecule has 0 atom stereocenters. The Balaban J connectivity index is 2.85. The van der Waals surface area contributed by atoms with Crippen LogP contribution in [0, 0.1) is 10.1 Å². The first kappa shape index (κ1) is 12.2. The van der Waals surface area contributed by atoms with Gasteiger partial charge in [-0.05, 0) is 24.6 Å². The van der Waals surface area contributed by atoms with E-state index in [0.717, 1.165) is 11.3 Å². The molecule has 0 saturated carbocycles. The minimum atomic E-state index is -0.351. The molecular weight excluding hydrogens is 206 g/mol. The monoisotopic (exact) mass is 221 g/mol. The van der Waals surface area contributed by atoms with Gasteiger partial charge in [-0.2, -0.15) is 0 Å². The standard InChI is InChI=1S/C12H15NO3/c1-3-11(13(14)15)9-10-5-7-12(8-6-10)16-4-2/h5-9H,3-4H2,1-2H3/b11-9+. The minimum Gasteiger partial charge on any atom is -0.494 e. The van der Waals surface area contributed by atoms with Gasteiger partial charge in [-0.3, -0.25) is 10.1 Å². The van der Waals surface area contributed by atoms with Gasteiger partial charge in [-0.15, -0.1) is 0 Å². The summed E-state index contributed by atoms with van der Waals surface area (Å²) < 4.78 is 5.29. The van der Waals surface area contributed by atoms with Gasteiger partial charge in [0, 0.05) is 12.5 Å². The van der Waals surface area contributed by atoms with Gasteiger partial charge >= 0.3 is 0 Å². The van der Waals surface area contributed by atoms with Crippen molar-refractivity contribution in [1.29, 1.82) is 0 Å². The van der Waals surface area contributed by atoms with E-state index in [0.29, 0.717) is 13.0 Å². The van der Waals surface area contributed by atoms with Crippen molar-refractivity contribution < 1.29 is 9.66 Å². The molecule has 16 heavy (non-hydrogen) atoms. The Morgan fingerprint density at radius 2 is 2.00 bits per heavy atom. The number of benzene rings is 1. The molecular formula is C12H15NO3. The number of hydrogen-bond donors (Lipinski definition) is 0. The van der Waals surface area contributed by atoms with Crippen LogP contribution in [0.3, 0.4) is 0 Å². The van der Waals surface area contributed by atoms with Crippen LogP contribution in [0.2, 0.25) is 0 Å². The molecule has 0 aliphatic heterocycles. The zero-order chi connectivity index (χ0) is 12.0. The molecule has 0 heterocycles. The van der Waals surface area contributed by atoms with Crippen molar-refractivity contribution >= 4 is 6.08 Å². The average molecular weight is 221 g/mol. The van der Waals surface area contributed by atoms with E-state index in [2.05, 4.69) is 0 Å². The second-order valence-electron chi connectivity index (χ2n) is 3.25. The molecule has 4 nitrogen and oxygen atoms in total. The molecule has 0 N–H and O–H groups in total. The van der Waals surface area contributed by atoms with Gasteiger partial charge in [-0.25, -0.2) is 0 Å². The molecule has 1 aromatic carbocycles. The molecule has 0 unspecified atom stereocenters. The van der Waals surface area contributed by atoms with Crippen molar-refractivity contribution in [3.8, 4) is 5.75 Å². The molecule has 0 radical (unpaired) electrons. The van der Waals surface area contributed by atoms with E-state index in [1.165, 1.54) is 0 Å². The van der Waals surface area contributed by atoms with Crippen molar-refractivity contribution in [2.24, 2.45) is 0 Å². The SMILES string of the molecule is CCOc1ccc(/C=C(\CC)[N+](=O)[O-])cc1. The molecule has 0 bridgehead atoms. The highest BCUT2D eigenvalue weighted by Gasteiger charge is 2.06. The van der Waals surface area contributed by atoms with Gasteiger partial charge in [0.25, 0.3) is 0 Å². The second-order valence-corrected chi connectivity index (χ2v) is 3.25. The van der Waals surface area contributed by atoms with Crippen LogP contribution in [-0.4, -0.2) is 11.5 Å². The van der Waals surface area contributed by atoms with E-state index in [9.17, 15) is 10.1 Å². The highest BCUT2D eigenvalue weighted by atomic mass is 16.6. The first-order chi connectivity index (χ1) is 7.67. The Kier molecular flexibility index (Phi) is 4.51. The van der Waals surface area contributed by atoms with E-state index >= 15 is 0 Å². The summed E-state index contributed by atoms with van der Waals surface area (Å²) in [5.41, 5.74) is 1.03. The van der Waals surface area contributed by atoms with Crippen LogP contribution in [0.1, 0.15) is 25.8 Å². The minimum absolute atomic E-state index is 0.212. The van der Waals surface area contributed by atoms with Crippen molar-refractivity contribution in [1.82, 2.24) is 0 Å². The molecule has 4 heteroatoms. The van der Waals surface area contributed by atoms with E-state index in [-0.39, 0.29) is 10.6 Å². The fraction of sp³-hybridized carbons (Fsp3) is 0.333. The highest BCUT2D eigenvalue weighted by Crippen LogP contribution is 2.15. The van der Waals surface area contributed by atoms with E-state index in [1.54, 1.807) is 13.0 Å². The summed E-state index contributed by atoms with van der Waals surface area (Å²) >= 11 is 0. The fourth-order valence-corrected chi connectivity index (χ4v) is 1.30. The quantitative estimate of drug-likeness (QED) is 0.567. The van der Waals surface area contributed by atoms with Crippen molar-refractivity contribution in [3.63, 3.8) is 0 Å². The van der Waals surface area contributed by atoms with Crippen LogP contribution in [0.15, 0.2) is 30.0 Å². The Bertz CT molecular complexity index is 382. The van der Waals surface area contributed by atoms with Gasteiger partial charge in [0.2, 0.25) is 5.70 Å². The maximum absolute atomic E-state index is 10.6. The summed E-state index contributed by atoms with van der Waals surface area (Å²) in [5, 5.41) is 10.6. The van der Waals surface area contributed by atoms with Gasteiger partial charge in [0.15, 0.2) is 0 Å². The molecule has 86 valence electrons. The number of rotatable bonds is 5. The summed E-state index contributed by atoms with van der Waals surface area (Å²) in [6, 6.07) is 7.24. The summed E-state index contributed by atoms with van der Waals surface area (Å²) in [6.07, 6.45) is 2.00. The lowest BCUT2D eigenvalue weighted by molar-refractivity contribution is -0.425. The molecule has 1 aromatic rings. The smallest absolute Gasteiger partial charge is 0.246 e. The lowest BCUT2D eigenvalue weighted by Gasteiger charge is -2.02. The number of nitrogens with zero attached hydrogens (tertiary/aromatic N) is 1. The normalized spacial score (nSPS) is 11.2. The van der Waals surface area contributed by atoms with Crippen LogP contribution in [0.5, 0.6) is 5.75 Å². The zero-order valence-corrected chi connectivity index (χ0v) is 9.47. The maximum Gasteiger partial charge on any atom is 0.246 e. The summed E-state index contributed by atoms with van der Waals surface area (Å²) in [6.45, 7) is 4.29. The van der Waals surface area contributed by atoms with E-state index < -0.39 is 0 Å². The van der Waals surface area contributed by atoms with E-state index in [1.807, 2.05) is 31.2 Å². The first-order valence-corrected chi connectivity index (χ1v) is 5.25. The predicted molar refractivity (Wildman–Crippen MR) is 62.9 cm³/mol. The Morgan fingerprint density at radius 1 is 1.38 bits per heavy atom. The molecule has 0 spiro atoms. The van der Waals surface area contributed by atoms with Crippen LogP contribution < -0.4 is 4.74 Å². The molecule has 0 aliphatic rings. The van der Waals surface area contributed by atoms with Crippen molar-refractivity contribution in [3.05, 3.63) is 45.6 Å². The lowest BCUT2D eigenvalue weighted by atomic mass is 10.1. The number of hydrogen-bond acceptors (Lipinski definition) is 3. The summed E-state index contributed by atoms with van der Waals surface area (Å²) in [7, 11) is 0. The van der Waals surface area contributed by atoms with Crippen LogP contribution in [0.4, 0.5) is 0 Å². The topological polar surface area (TPSA) is 52.4 Å². The predicted octanol–water partition coefficient (Wildman–Crippen LogP) is 3.11. The Morgan fingerprint density at radius 3 is 2.44 bits per heavy atom. The zero-order valence-electron chi connectivity index (χ0n) is 9.47. The number of allylic oxidation sites excluding steroid dienone is 1. The third-order valence-electron chi connectivity index (χ3n) is 2.12. The molecule has 0 aromatic heterocycles. The molecule has 1 rings (SSSR count). The van der Waals surface area contributed by atoms with E-state index in [4.69, 9.17) is 4.74 Å². The Labute approximate surface area is 94.7 Å². The van der Waals surface area contributed by atoms with Crippen LogP contribution >= 0.6 is 0 Å². The van der Waals surface area contributed by atoms with Crippen molar-refractivity contribution in [2.45, 2.75) is 20.3 Å². The average Bonchev–Trinajstić information content (AvgIpc) is 2.28. The number of nitro groups is 1. The Hall–Kier alpha value is -1.84. The molecule has 0 aliphatic carbocycles. The third kappa shape index (κ3) is 3.38. The van der Waals surface area contributed by atoms with Gasteiger partial charge in [0.05, 0.1) is 11.5 Å². The number of ether oxygens (including phenoxy) is 1. The third-order valence-corrected chi connectivity index (χ3v) is 2.12. The second kappa shape index (κ2) is 5.90. The summed E-state index contributed by atoms with van der Waals surface area (Å²) in [4.78, 5) is 10.3. The first-order valence-electron chi connectivity index (χ1n) is 5.25. The largest absolute Gasteiger partial charge is 0.494 e. The van der Waals surface area contributed by atoms with Gasteiger partial charge in [-0.1, -0.05) is 19.1 Å². The highest BCUT2D eigenvalue weighted by molar-refractivity contribution is 5.52. The van der Waals surface area contributed by atoms with Crippen LogP contribution in [-0.2, 0) is 0 Å². The van der Waals surface area contributed by atoms with Gasteiger partial charge in [0.1, 0.15) is 5.75 Å². The van der Waals surface area contributed by atoms with Crippen molar-refractivity contribution in [2.75, 3.05) is 6.61 Å². The van der Waals surface area contributed by atoms with Gasteiger partial charge < -0.3 is 4.74 Å². The molecule has 0 amide bonds. The summed E-state index contributed by atoms with van der Waals surface area (Å²) in [5.74, 6) is 0.777. The fourth-order valence-electron chi connectivity index (χ4n) is 1.30. The maximum atomic E-state index is 10.6. The molecule has 0 fully saturated rings. The lowest BCUT2D eigenvalue weighted by Crippen LogP contribution is -1.96. The molecule has 0 saturated heterocycles.